The Labute approximate surface area is 223 Å². The number of hydrogen-bond acceptors (Lipinski definition) is 7. The zero-order valence-electron chi connectivity index (χ0n) is 21.9. The molecule has 3 aliphatic rings. The molecule has 9 nitrogen and oxygen atoms in total. The summed E-state index contributed by atoms with van der Waals surface area (Å²) in [5.74, 6) is 1.28. The summed E-state index contributed by atoms with van der Waals surface area (Å²) in [7, 11) is 3.95. The normalized spacial score (nSPS) is 23.9. The average molecular weight is 517 g/mol. The largest absolute Gasteiger partial charge is 0.457 e. The van der Waals surface area contributed by atoms with Gasteiger partial charge in [-0.25, -0.2) is 5.43 Å². The minimum Gasteiger partial charge on any atom is -0.457 e. The fraction of sp³-hybridized carbons (Fsp3) is 0.379. The Morgan fingerprint density at radius 2 is 1.76 bits per heavy atom. The maximum Gasteiger partial charge on any atom is 0.257 e. The molecule has 2 aromatic carbocycles. The van der Waals surface area contributed by atoms with Gasteiger partial charge in [0.05, 0.1) is 6.17 Å². The summed E-state index contributed by atoms with van der Waals surface area (Å²) in [5, 5.41) is 0. The molecule has 0 aliphatic carbocycles. The third kappa shape index (κ3) is 5.60. The molecule has 0 aromatic heterocycles. The van der Waals surface area contributed by atoms with Crippen LogP contribution < -0.4 is 21.3 Å². The number of benzene rings is 2. The number of para-hydroxylation sites is 1. The third-order valence-corrected chi connectivity index (χ3v) is 7.42. The highest BCUT2D eigenvalue weighted by atomic mass is 16.5. The Morgan fingerprint density at radius 1 is 1.08 bits per heavy atom. The van der Waals surface area contributed by atoms with E-state index in [1.165, 1.54) is 0 Å². The second-order valence-corrected chi connectivity index (χ2v) is 10.3. The number of hydrogen-bond donors (Lipinski definition) is 3. The average Bonchev–Trinajstić information content (AvgIpc) is 3.34. The van der Waals surface area contributed by atoms with E-state index in [0.29, 0.717) is 13.1 Å². The molecule has 0 saturated carbocycles. The second-order valence-electron chi connectivity index (χ2n) is 10.3. The van der Waals surface area contributed by atoms with Crippen LogP contribution in [0.2, 0.25) is 0 Å². The van der Waals surface area contributed by atoms with Crippen LogP contribution in [0.15, 0.2) is 72.9 Å². The minimum absolute atomic E-state index is 0.0419. The van der Waals surface area contributed by atoms with Gasteiger partial charge in [0.2, 0.25) is 5.91 Å². The van der Waals surface area contributed by atoms with Gasteiger partial charge in [-0.05, 0) is 62.3 Å². The Balaban J connectivity index is 1.31. The molecule has 0 bridgehead atoms. The van der Waals surface area contributed by atoms with E-state index in [4.69, 9.17) is 10.5 Å². The molecular formula is C29H36N6O3. The summed E-state index contributed by atoms with van der Waals surface area (Å²) in [4.78, 5) is 31.7. The summed E-state index contributed by atoms with van der Waals surface area (Å²) in [5.41, 5.74) is 14.2. The Hall–Kier alpha value is -3.66. The molecule has 0 radical (unpaired) electrons. The van der Waals surface area contributed by atoms with Crippen molar-refractivity contribution in [2.75, 3.05) is 33.7 Å². The molecular weight excluding hydrogens is 480 g/mol. The fourth-order valence-electron chi connectivity index (χ4n) is 5.48. The maximum absolute atomic E-state index is 13.1. The standard InChI is InChI=1S/C29H36N6O3/c1-33(2)16-6-9-25(36)34-17-14-21(15-18-34)35-19-24(26-27(35)29(37)32-31-28(26)30)20-10-12-23(13-11-20)38-22-7-4-3-5-8-22/h3-13,19,21,26-28,31H,14-18,30H2,1-2H3,(H,32,37)/b9-6+. The molecule has 2 saturated heterocycles. The lowest BCUT2D eigenvalue weighted by Crippen LogP contribution is -2.67. The summed E-state index contributed by atoms with van der Waals surface area (Å²) in [6.07, 6.45) is 6.83. The smallest absolute Gasteiger partial charge is 0.257 e. The van der Waals surface area contributed by atoms with Crippen molar-refractivity contribution >= 4 is 17.4 Å². The van der Waals surface area contributed by atoms with Gasteiger partial charge in [-0.1, -0.05) is 36.4 Å². The zero-order chi connectivity index (χ0) is 26.6. The number of hydrazine groups is 1. The van der Waals surface area contributed by atoms with Gasteiger partial charge in [0, 0.05) is 43.9 Å². The number of ether oxygens (including phenoxy) is 1. The number of nitrogens with two attached hydrogens (primary N) is 1. The quantitative estimate of drug-likeness (QED) is 0.485. The van der Waals surface area contributed by atoms with E-state index >= 15 is 0 Å². The number of carbonyl (C=O) groups is 2. The lowest BCUT2D eigenvalue weighted by molar-refractivity contribution is -0.133. The lowest BCUT2D eigenvalue weighted by Gasteiger charge is -2.43. The zero-order valence-corrected chi connectivity index (χ0v) is 21.9. The summed E-state index contributed by atoms with van der Waals surface area (Å²) in [6.45, 7) is 2.05. The number of piperidine rings is 1. The lowest BCUT2D eigenvalue weighted by atomic mass is 9.85. The first kappa shape index (κ1) is 26.0. The van der Waals surface area contributed by atoms with Gasteiger partial charge in [0.1, 0.15) is 17.5 Å². The molecule has 3 unspecified atom stereocenters. The van der Waals surface area contributed by atoms with Crippen LogP contribution in [-0.4, -0.2) is 78.5 Å². The van der Waals surface area contributed by atoms with E-state index in [1.807, 2.05) is 84.6 Å². The van der Waals surface area contributed by atoms with Crippen LogP contribution in [0.5, 0.6) is 11.5 Å². The highest BCUT2D eigenvalue weighted by Crippen LogP contribution is 2.41. The van der Waals surface area contributed by atoms with Crippen molar-refractivity contribution in [3.05, 3.63) is 78.5 Å². The van der Waals surface area contributed by atoms with Crippen molar-refractivity contribution in [1.82, 2.24) is 25.6 Å². The van der Waals surface area contributed by atoms with Gasteiger partial charge in [0.15, 0.2) is 0 Å². The van der Waals surface area contributed by atoms with E-state index in [9.17, 15) is 9.59 Å². The van der Waals surface area contributed by atoms with Crippen LogP contribution in [0.3, 0.4) is 0 Å². The van der Waals surface area contributed by atoms with Crippen molar-refractivity contribution in [2.24, 2.45) is 11.7 Å². The first-order valence-electron chi connectivity index (χ1n) is 13.1. The van der Waals surface area contributed by atoms with Gasteiger partial charge < -0.3 is 25.2 Å². The van der Waals surface area contributed by atoms with Crippen molar-refractivity contribution in [3.63, 3.8) is 0 Å². The molecule has 3 heterocycles. The van der Waals surface area contributed by atoms with Crippen LogP contribution in [-0.2, 0) is 9.59 Å². The van der Waals surface area contributed by atoms with E-state index in [-0.39, 0.29) is 23.8 Å². The molecule has 5 rings (SSSR count). The SMILES string of the molecule is CN(C)C/C=C/C(=O)N1CCC(N2C=C(c3ccc(Oc4ccccc4)cc3)C3C(N)NNC(=O)C32)CC1. The van der Waals surface area contributed by atoms with Crippen LogP contribution in [0.1, 0.15) is 18.4 Å². The van der Waals surface area contributed by atoms with Gasteiger partial charge in [-0.3, -0.25) is 15.0 Å². The molecule has 2 amide bonds. The van der Waals surface area contributed by atoms with Crippen molar-refractivity contribution in [3.8, 4) is 11.5 Å². The molecule has 2 fully saturated rings. The number of likely N-dealkylation sites (N-methyl/N-ethyl adjacent to an activating group) is 1. The monoisotopic (exact) mass is 516 g/mol. The Kier molecular flexibility index (Phi) is 7.78. The van der Waals surface area contributed by atoms with E-state index in [0.717, 1.165) is 42.0 Å². The molecule has 38 heavy (non-hydrogen) atoms. The third-order valence-electron chi connectivity index (χ3n) is 7.42. The van der Waals surface area contributed by atoms with Crippen molar-refractivity contribution < 1.29 is 14.3 Å². The van der Waals surface area contributed by atoms with Crippen molar-refractivity contribution in [1.29, 1.82) is 0 Å². The number of rotatable bonds is 7. The van der Waals surface area contributed by atoms with Gasteiger partial charge in [-0.2, -0.15) is 0 Å². The molecule has 200 valence electrons. The van der Waals surface area contributed by atoms with E-state index in [1.54, 1.807) is 6.08 Å². The summed E-state index contributed by atoms with van der Waals surface area (Å²) < 4.78 is 5.95. The van der Waals surface area contributed by atoms with E-state index < -0.39 is 12.2 Å². The number of amides is 2. The first-order chi connectivity index (χ1) is 18.4. The first-order valence-corrected chi connectivity index (χ1v) is 13.1. The number of carbonyl (C=O) groups excluding carboxylic acids is 2. The molecule has 2 aromatic rings. The number of fused-ring (bicyclic) bond motifs is 1. The number of likely N-dealkylation sites (tertiary alicyclic amines) is 1. The van der Waals surface area contributed by atoms with Crippen LogP contribution in [0.4, 0.5) is 0 Å². The molecule has 0 spiro atoms. The Morgan fingerprint density at radius 3 is 2.45 bits per heavy atom. The minimum atomic E-state index is -0.419. The fourth-order valence-corrected chi connectivity index (χ4v) is 5.48. The van der Waals surface area contributed by atoms with Crippen LogP contribution >= 0.6 is 0 Å². The van der Waals surface area contributed by atoms with Crippen LogP contribution in [0, 0.1) is 5.92 Å². The molecule has 9 heteroatoms. The Bertz CT molecular complexity index is 1190. The molecule has 3 atom stereocenters. The predicted molar refractivity (Wildman–Crippen MR) is 147 cm³/mol. The molecule has 3 aliphatic heterocycles. The highest BCUT2D eigenvalue weighted by molar-refractivity contribution is 5.89. The topological polar surface area (TPSA) is 103 Å². The number of nitrogens with one attached hydrogen (secondary N) is 2. The predicted octanol–water partition coefficient (Wildman–Crippen LogP) is 2.15. The highest BCUT2D eigenvalue weighted by Gasteiger charge is 2.48. The summed E-state index contributed by atoms with van der Waals surface area (Å²) >= 11 is 0. The summed E-state index contributed by atoms with van der Waals surface area (Å²) in [6, 6.07) is 17.3. The maximum atomic E-state index is 13.1. The number of nitrogens with zero attached hydrogens (tertiary/aromatic N) is 3. The van der Waals surface area contributed by atoms with Gasteiger partial charge in [0.25, 0.3) is 5.91 Å². The van der Waals surface area contributed by atoms with E-state index in [2.05, 4.69) is 22.0 Å². The van der Waals surface area contributed by atoms with Gasteiger partial charge in [-0.15, -0.1) is 0 Å². The second kappa shape index (κ2) is 11.4. The molecule has 4 N–H and O–H groups in total. The van der Waals surface area contributed by atoms with Crippen LogP contribution in [0.25, 0.3) is 5.57 Å². The van der Waals surface area contributed by atoms with Crippen molar-refractivity contribution in [2.45, 2.75) is 31.1 Å². The van der Waals surface area contributed by atoms with Gasteiger partial charge >= 0.3 is 0 Å².